The molecule has 2 unspecified atom stereocenters. The summed E-state index contributed by atoms with van der Waals surface area (Å²) >= 11 is 0. The van der Waals surface area contributed by atoms with Crippen molar-refractivity contribution in [3.05, 3.63) is 23.5 Å². The highest BCUT2D eigenvalue weighted by Gasteiger charge is 2.27. The van der Waals surface area contributed by atoms with E-state index in [1.165, 1.54) is 12.1 Å². The molecule has 0 spiro atoms. The number of nitrogens with one attached hydrogen (secondary N) is 3. The van der Waals surface area contributed by atoms with Gasteiger partial charge >= 0.3 is 0 Å². The van der Waals surface area contributed by atoms with Crippen molar-refractivity contribution >= 4 is 28.2 Å². The Kier molecular flexibility index (Phi) is 3.89. The standard InChI is InChI=1S/C16H23FN6/c1-8-7-23(4-3-11(8)18)16(20)13-10-5-9(17)6-12(21-2)14(10)22-15(13)19/h5-6,8,11,20-22H,3-4,7,18-19H2,1-2H3. The third-order valence-electron chi connectivity index (χ3n) is 4.70. The number of nitrogens with zero attached hydrogens (tertiary/aromatic N) is 1. The first-order valence-electron chi connectivity index (χ1n) is 7.80. The first-order chi connectivity index (χ1) is 10.9. The first-order valence-corrected chi connectivity index (χ1v) is 7.80. The second-order valence-electron chi connectivity index (χ2n) is 6.26. The van der Waals surface area contributed by atoms with E-state index in [4.69, 9.17) is 16.9 Å². The van der Waals surface area contributed by atoms with Gasteiger partial charge in [-0.3, -0.25) is 5.41 Å². The molecule has 2 heterocycles. The Morgan fingerprint density at radius 3 is 2.87 bits per heavy atom. The van der Waals surface area contributed by atoms with E-state index < -0.39 is 0 Å². The normalized spacial score (nSPS) is 21.7. The summed E-state index contributed by atoms with van der Waals surface area (Å²) in [6.07, 6.45) is 0.835. The number of anilines is 2. The number of aromatic nitrogens is 1. The molecule has 1 fully saturated rings. The van der Waals surface area contributed by atoms with Crippen molar-refractivity contribution in [3.8, 4) is 0 Å². The van der Waals surface area contributed by atoms with E-state index in [1.807, 2.05) is 4.90 Å². The molecule has 0 radical (unpaired) electrons. The summed E-state index contributed by atoms with van der Waals surface area (Å²) in [7, 11) is 1.73. The topological polar surface area (TPSA) is 107 Å². The van der Waals surface area contributed by atoms with Crippen molar-refractivity contribution in [1.82, 2.24) is 9.88 Å². The number of nitrogen functional groups attached to an aromatic ring is 1. The molecule has 0 saturated carbocycles. The summed E-state index contributed by atoms with van der Waals surface area (Å²) in [5.74, 6) is 0.652. The lowest BCUT2D eigenvalue weighted by Gasteiger charge is -2.36. The van der Waals surface area contributed by atoms with Gasteiger partial charge in [-0.2, -0.15) is 0 Å². The summed E-state index contributed by atoms with van der Waals surface area (Å²) < 4.78 is 13.9. The summed E-state index contributed by atoms with van der Waals surface area (Å²) in [6.45, 7) is 3.51. The van der Waals surface area contributed by atoms with E-state index in [-0.39, 0.29) is 11.9 Å². The van der Waals surface area contributed by atoms with Crippen molar-refractivity contribution in [2.24, 2.45) is 11.7 Å². The number of fused-ring (bicyclic) bond motifs is 1. The maximum atomic E-state index is 13.9. The summed E-state index contributed by atoms with van der Waals surface area (Å²) in [4.78, 5) is 5.04. The van der Waals surface area contributed by atoms with Gasteiger partial charge in [0.05, 0.1) is 16.8 Å². The minimum absolute atomic E-state index is 0.160. The zero-order valence-electron chi connectivity index (χ0n) is 13.4. The molecule has 6 nitrogen and oxygen atoms in total. The number of H-pyrrole nitrogens is 1. The molecule has 1 aliphatic heterocycles. The SMILES string of the molecule is CNc1cc(F)cc2c(C(=N)N3CCC(N)C(C)C3)c(N)[nH]c12. The number of piperidine rings is 1. The van der Waals surface area contributed by atoms with E-state index >= 15 is 0 Å². The van der Waals surface area contributed by atoms with Crippen LogP contribution in [0.1, 0.15) is 18.9 Å². The van der Waals surface area contributed by atoms with Gasteiger partial charge in [0.2, 0.25) is 0 Å². The van der Waals surface area contributed by atoms with Crippen LogP contribution in [0, 0.1) is 17.1 Å². The number of benzene rings is 1. The van der Waals surface area contributed by atoms with Gasteiger partial charge in [0, 0.05) is 31.6 Å². The lowest BCUT2D eigenvalue weighted by molar-refractivity contribution is 0.241. The van der Waals surface area contributed by atoms with Crippen molar-refractivity contribution in [1.29, 1.82) is 5.41 Å². The molecule has 23 heavy (non-hydrogen) atoms. The number of hydrogen-bond donors (Lipinski definition) is 5. The van der Waals surface area contributed by atoms with E-state index in [2.05, 4.69) is 17.2 Å². The van der Waals surface area contributed by atoms with Crippen molar-refractivity contribution < 1.29 is 4.39 Å². The smallest absolute Gasteiger partial charge is 0.132 e. The Bertz CT molecular complexity index is 753. The van der Waals surface area contributed by atoms with E-state index in [9.17, 15) is 4.39 Å². The fraction of sp³-hybridized carbons (Fsp3) is 0.438. The Labute approximate surface area is 134 Å². The van der Waals surface area contributed by atoms with Crippen LogP contribution in [0.2, 0.25) is 0 Å². The number of rotatable bonds is 2. The minimum atomic E-state index is -0.357. The van der Waals surface area contributed by atoms with Gasteiger partial charge in [-0.05, 0) is 24.5 Å². The van der Waals surface area contributed by atoms with Gasteiger partial charge in [-0.15, -0.1) is 0 Å². The van der Waals surface area contributed by atoms with Crippen LogP contribution in [-0.4, -0.2) is 41.9 Å². The fourth-order valence-corrected chi connectivity index (χ4v) is 3.26. The number of nitrogens with two attached hydrogens (primary N) is 2. The average molecular weight is 318 g/mol. The third-order valence-corrected chi connectivity index (χ3v) is 4.70. The maximum absolute atomic E-state index is 13.9. The number of halogens is 1. The van der Waals surface area contributed by atoms with Crippen LogP contribution in [0.25, 0.3) is 10.9 Å². The van der Waals surface area contributed by atoms with Gasteiger partial charge in [0.25, 0.3) is 0 Å². The van der Waals surface area contributed by atoms with Crippen LogP contribution in [0.15, 0.2) is 12.1 Å². The summed E-state index contributed by atoms with van der Waals surface area (Å²) in [6, 6.07) is 2.99. The van der Waals surface area contributed by atoms with E-state index in [0.29, 0.717) is 52.8 Å². The summed E-state index contributed by atoms with van der Waals surface area (Å²) in [5, 5.41) is 12.1. The van der Waals surface area contributed by atoms with Crippen LogP contribution in [0.3, 0.4) is 0 Å². The number of amidine groups is 1. The van der Waals surface area contributed by atoms with Crippen LogP contribution in [0.4, 0.5) is 15.9 Å². The largest absolute Gasteiger partial charge is 0.386 e. The number of likely N-dealkylation sites (tertiary alicyclic amines) is 1. The van der Waals surface area contributed by atoms with E-state index in [0.717, 1.165) is 6.42 Å². The van der Waals surface area contributed by atoms with E-state index in [1.54, 1.807) is 7.05 Å². The second-order valence-corrected chi connectivity index (χ2v) is 6.26. The summed E-state index contributed by atoms with van der Waals surface area (Å²) in [5.41, 5.74) is 14.0. The highest BCUT2D eigenvalue weighted by atomic mass is 19.1. The first kappa shape index (κ1) is 15.6. The predicted octanol–water partition coefficient (Wildman–Crippen LogP) is 1.93. The third kappa shape index (κ3) is 2.61. The Morgan fingerprint density at radius 1 is 1.48 bits per heavy atom. The number of hydrogen-bond acceptors (Lipinski definition) is 4. The fourth-order valence-electron chi connectivity index (χ4n) is 3.26. The Balaban J connectivity index is 2.04. The molecule has 0 bridgehead atoms. The molecule has 7 heteroatoms. The van der Waals surface area contributed by atoms with Crippen LogP contribution < -0.4 is 16.8 Å². The Morgan fingerprint density at radius 2 is 2.22 bits per heavy atom. The lowest BCUT2D eigenvalue weighted by Crippen LogP contribution is -2.48. The Hall–Kier alpha value is -2.28. The van der Waals surface area contributed by atoms with Gasteiger partial charge in [0.15, 0.2) is 0 Å². The average Bonchev–Trinajstić information content (AvgIpc) is 2.84. The van der Waals surface area contributed by atoms with Gasteiger partial charge < -0.3 is 26.7 Å². The molecule has 0 amide bonds. The zero-order valence-corrected chi connectivity index (χ0v) is 13.4. The zero-order chi connectivity index (χ0) is 16.7. The molecule has 1 aliphatic rings. The van der Waals surface area contributed by atoms with Gasteiger partial charge in [0.1, 0.15) is 17.5 Å². The monoisotopic (exact) mass is 318 g/mol. The molecular weight excluding hydrogens is 295 g/mol. The molecule has 3 rings (SSSR count). The maximum Gasteiger partial charge on any atom is 0.132 e. The van der Waals surface area contributed by atoms with Crippen molar-refractivity contribution in [3.63, 3.8) is 0 Å². The molecule has 2 atom stereocenters. The van der Waals surface area contributed by atoms with Crippen LogP contribution in [0.5, 0.6) is 0 Å². The van der Waals surface area contributed by atoms with Crippen molar-refractivity contribution in [2.45, 2.75) is 19.4 Å². The quantitative estimate of drug-likeness (QED) is 0.431. The highest BCUT2D eigenvalue weighted by Crippen LogP contribution is 2.32. The van der Waals surface area contributed by atoms with Crippen LogP contribution >= 0.6 is 0 Å². The van der Waals surface area contributed by atoms with Crippen molar-refractivity contribution in [2.75, 3.05) is 31.2 Å². The van der Waals surface area contributed by atoms with Gasteiger partial charge in [-0.1, -0.05) is 6.92 Å². The highest BCUT2D eigenvalue weighted by molar-refractivity contribution is 6.14. The molecular formula is C16H23FN6. The van der Waals surface area contributed by atoms with Gasteiger partial charge in [-0.25, -0.2) is 4.39 Å². The number of aromatic amines is 1. The molecule has 124 valence electrons. The van der Waals surface area contributed by atoms with Crippen LogP contribution in [-0.2, 0) is 0 Å². The minimum Gasteiger partial charge on any atom is -0.386 e. The predicted molar refractivity (Wildman–Crippen MR) is 92.4 cm³/mol. The molecule has 1 aromatic carbocycles. The molecule has 1 aromatic heterocycles. The molecule has 2 aromatic rings. The lowest BCUT2D eigenvalue weighted by atomic mass is 9.94. The molecule has 0 aliphatic carbocycles. The second kappa shape index (κ2) is 5.73. The molecule has 1 saturated heterocycles. The molecule has 7 N–H and O–H groups in total.